The third-order valence-corrected chi connectivity index (χ3v) is 3.25. The minimum Gasteiger partial charge on any atom is -0.465 e. The highest BCUT2D eigenvalue weighted by Gasteiger charge is 2.13. The number of thioether (sulfide) groups is 1. The molecule has 20 heavy (non-hydrogen) atoms. The maximum Gasteiger partial charge on any atom is 0.339 e. The summed E-state index contributed by atoms with van der Waals surface area (Å²) in [5.41, 5.74) is 0.736. The molecule has 1 amide bonds. The van der Waals surface area contributed by atoms with E-state index in [2.05, 4.69) is 25.5 Å². The van der Waals surface area contributed by atoms with Crippen molar-refractivity contribution in [2.24, 2.45) is 0 Å². The molecule has 0 fully saturated rings. The molecule has 0 atom stereocenters. The molecule has 0 saturated carbocycles. The maximum atomic E-state index is 11.8. The van der Waals surface area contributed by atoms with Crippen LogP contribution in [-0.2, 0) is 9.53 Å². The van der Waals surface area contributed by atoms with Gasteiger partial charge in [-0.05, 0) is 12.1 Å². The third kappa shape index (κ3) is 3.58. The van der Waals surface area contributed by atoms with Gasteiger partial charge in [-0.3, -0.25) is 4.79 Å². The molecular formula is C12H12N4O3S. The van der Waals surface area contributed by atoms with Crippen LogP contribution in [0.3, 0.4) is 0 Å². The zero-order valence-corrected chi connectivity index (χ0v) is 11.4. The highest BCUT2D eigenvalue weighted by Crippen LogP contribution is 2.18. The molecule has 0 unspecified atom stereocenters. The number of methoxy groups -OCH3 is 1. The lowest BCUT2D eigenvalue weighted by atomic mass is 10.2. The number of anilines is 1. The number of aromatic amines is 1. The van der Waals surface area contributed by atoms with Crippen molar-refractivity contribution in [3.05, 3.63) is 36.0 Å². The Morgan fingerprint density at radius 1 is 1.40 bits per heavy atom. The van der Waals surface area contributed by atoms with Gasteiger partial charge in [-0.25, -0.2) is 4.79 Å². The molecule has 2 aromatic rings. The summed E-state index contributed by atoms with van der Waals surface area (Å²) in [6, 6.07) is 6.66. The van der Waals surface area contributed by atoms with E-state index in [4.69, 9.17) is 0 Å². The molecule has 0 saturated heterocycles. The number of nitrogens with one attached hydrogen (secondary N) is 2. The lowest BCUT2D eigenvalue weighted by Crippen LogP contribution is -2.17. The Bertz CT molecular complexity index is 601. The van der Waals surface area contributed by atoms with Crippen LogP contribution in [0.2, 0.25) is 0 Å². The van der Waals surface area contributed by atoms with Gasteiger partial charge in [0.2, 0.25) is 5.91 Å². The maximum absolute atomic E-state index is 11.8. The Balaban J connectivity index is 1.99. The number of benzene rings is 1. The summed E-state index contributed by atoms with van der Waals surface area (Å²) in [7, 11) is 1.29. The van der Waals surface area contributed by atoms with Gasteiger partial charge in [-0.15, -0.1) is 5.10 Å². The van der Waals surface area contributed by atoms with Gasteiger partial charge in [-0.2, -0.15) is 10.3 Å². The molecular weight excluding hydrogens is 280 g/mol. The van der Waals surface area contributed by atoms with Gasteiger partial charge >= 0.3 is 5.97 Å². The van der Waals surface area contributed by atoms with E-state index in [1.165, 1.54) is 25.1 Å². The molecule has 0 aliphatic heterocycles. The van der Waals surface area contributed by atoms with E-state index in [0.717, 1.165) is 0 Å². The number of nitrogens with zero attached hydrogens (tertiary/aromatic N) is 2. The number of esters is 1. The molecule has 0 bridgehead atoms. The van der Waals surface area contributed by atoms with E-state index in [-0.39, 0.29) is 11.7 Å². The number of hydrogen-bond donors (Lipinski definition) is 2. The number of ether oxygens (including phenoxy) is 1. The van der Waals surface area contributed by atoms with E-state index in [0.29, 0.717) is 16.3 Å². The Kier molecular flexibility index (Phi) is 4.72. The predicted octanol–water partition coefficient (Wildman–Crippen LogP) is 1.32. The molecule has 104 valence electrons. The van der Waals surface area contributed by atoms with Crippen molar-refractivity contribution >= 4 is 29.3 Å². The van der Waals surface area contributed by atoms with Crippen LogP contribution in [0.25, 0.3) is 0 Å². The first kappa shape index (κ1) is 14.1. The van der Waals surface area contributed by atoms with Crippen LogP contribution in [-0.4, -0.2) is 40.1 Å². The molecule has 1 heterocycles. The first-order valence-electron chi connectivity index (χ1n) is 5.66. The van der Waals surface area contributed by atoms with Crippen LogP contribution in [0.1, 0.15) is 10.4 Å². The average molecular weight is 292 g/mol. The Morgan fingerprint density at radius 3 is 2.90 bits per heavy atom. The van der Waals surface area contributed by atoms with Crippen molar-refractivity contribution in [3.63, 3.8) is 0 Å². The van der Waals surface area contributed by atoms with Crippen molar-refractivity contribution in [2.75, 3.05) is 18.2 Å². The molecule has 0 radical (unpaired) electrons. The van der Waals surface area contributed by atoms with Gasteiger partial charge < -0.3 is 10.1 Å². The zero-order valence-electron chi connectivity index (χ0n) is 10.6. The van der Waals surface area contributed by atoms with Gasteiger partial charge in [0.15, 0.2) is 0 Å². The highest BCUT2D eigenvalue weighted by molar-refractivity contribution is 7.99. The van der Waals surface area contributed by atoms with Gasteiger partial charge in [-0.1, -0.05) is 23.9 Å². The van der Waals surface area contributed by atoms with Gasteiger partial charge in [0.25, 0.3) is 0 Å². The molecule has 1 aromatic carbocycles. The van der Waals surface area contributed by atoms with Crippen LogP contribution >= 0.6 is 11.8 Å². The molecule has 2 N–H and O–H groups in total. The molecule has 0 aliphatic rings. The molecule has 0 aliphatic carbocycles. The van der Waals surface area contributed by atoms with E-state index in [9.17, 15) is 9.59 Å². The lowest BCUT2D eigenvalue weighted by Gasteiger charge is -2.08. The summed E-state index contributed by atoms with van der Waals surface area (Å²) in [4.78, 5) is 23.4. The summed E-state index contributed by atoms with van der Waals surface area (Å²) in [5.74, 6) is -0.568. The van der Waals surface area contributed by atoms with Crippen molar-refractivity contribution in [3.8, 4) is 0 Å². The van der Waals surface area contributed by atoms with E-state index in [1.54, 1.807) is 24.3 Å². The van der Waals surface area contributed by atoms with Crippen LogP contribution in [0.15, 0.2) is 35.5 Å². The predicted molar refractivity (Wildman–Crippen MR) is 73.5 cm³/mol. The minimum atomic E-state index is -0.495. The summed E-state index contributed by atoms with van der Waals surface area (Å²) in [6.45, 7) is 0. The van der Waals surface area contributed by atoms with Crippen molar-refractivity contribution < 1.29 is 14.3 Å². The van der Waals surface area contributed by atoms with E-state index >= 15 is 0 Å². The second kappa shape index (κ2) is 6.71. The first-order chi connectivity index (χ1) is 9.70. The van der Waals surface area contributed by atoms with E-state index < -0.39 is 5.97 Å². The number of carbonyl (C=O) groups excluding carboxylic acids is 2. The van der Waals surface area contributed by atoms with Crippen LogP contribution in [0.5, 0.6) is 0 Å². The summed E-state index contributed by atoms with van der Waals surface area (Å²) >= 11 is 1.24. The van der Waals surface area contributed by atoms with Crippen molar-refractivity contribution in [2.45, 2.75) is 5.03 Å². The number of carbonyl (C=O) groups is 2. The van der Waals surface area contributed by atoms with Gasteiger partial charge in [0, 0.05) is 0 Å². The molecule has 1 aromatic heterocycles. The number of aromatic nitrogens is 3. The standard InChI is InChI=1S/C12H12N4O3S/c1-19-12(18)8-4-2-3-5-9(8)14-10(17)7-20-11-6-13-16-15-11/h2-6H,7H2,1H3,(H,14,17)(H,13,15,16). The smallest absolute Gasteiger partial charge is 0.339 e. The van der Waals surface area contributed by atoms with Crippen molar-refractivity contribution in [1.82, 2.24) is 15.4 Å². The quantitative estimate of drug-likeness (QED) is 0.637. The molecule has 0 spiro atoms. The fourth-order valence-electron chi connectivity index (χ4n) is 1.47. The SMILES string of the molecule is COC(=O)c1ccccc1NC(=O)CSc1cn[nH]n1. The number of para-hydroxylation sites is 1. The summed E-state index contributed by atoms with van der Waals surface area (Å²) < 4.78 is 4.66. The molecule has 8 heteroatoms. The summed E-state index contributed by atoms with van der Waals surface area (Å²) in [6.07, 6.45) is 1.53. The normalized spacial score (nSPS) is 10.1. The second-order valence-corrected chi connectivity index (χ2v) is 4.68. The van der Waals surface area contributed by atoms with E-state index in [1.807, 2.05) is 0 Å². The Hall–Kier alpha value is -2.35. The third-order valence-electron chi connectivity index (χ3n) is 2.35. The lowest BCUT2D eigenvalue weighted by molar-refractivity contribution is -0.113. The van der Waals surface area contributed by atoms with Crippen LogP contribution in [0.4, 0.5) is 5.69 Å². The Morgan fingerprint density at radius 2 is 2.20 bits per heavy atom. The van der Waals surface area contributed by atoms with Gasteiger partial charge in [0.05, 0.1) is 30.3 Å². The first-order valence-corrected chi connectivity index (χ1v) is 6.65. The fraction of sp³-hybridized carbons (Fsp3) is 0.167. The minimum absolute atomic E-state index is 0.169. The average Bonchev–Trinajstić information content (AvgIpc) is 2.98. The molecule has 2 rings (SSSR count). The number of H-pyrrole nitrogens is 1. The Labute approximate surface area is 119 Å². The highest BCUT2D eigenvalue weighted by atomic mass is 32.2. The largest absolute Gasteiger partial charge is 0.465 e. The zero-order chi connectivity index (χ0) is 14.4. The number of rotatable bonds is 5. The van der Waals surface area contributed by atoms with Crippen LogP contribution in [0, 0.1) is 0 Å². The van der Waals surface area contributed by atoms with Gasteiger partial charge in [0.1, 0.15) is 5.03 Å². The van der Waals surface area contributed by atoms with Crippen molar-refractivity contribution in [1.29, 1.82) is 0 Å². The summed E-state index contributed by atoms with van der Waals surface area (Å²) in [5, 5.41) is 13.2. The van der Waals surface area contributed by atoms with Crippen LogP contribution < -0.4 is 5.32 Å². The topological polar surface area (TPSA) is 97.0 Å². The fourth-order valence-corrected chi connectivity index (χ4v) is 2.05. The monoisotopic (exact) mass is 292 g/mol. The number of amides is 1. The second-order valence-electron chi connectivity index (χ2n) is 3.68. The molecule has 7 nitrogen and oxygen atoms in total. The number of hydrogen-bond acceptors (Lipinski definition) is 6.